The molecule has 3 rings (SSSR count). The molecule has 6 heteroatoms. The van der Waals surface area contributed by atoms with Gasteiger partial charge in [-0.25, -0.2) is 0 Å². The lowest BCUT2D eigenvalue weighted by Gasteiger charge is -2.19. The van der Waals surface area contributed by atoms with E-state index in [1.54, 1.807) is 0 Å². The number of anilines is 1. The van der Waals surface area contributed by atoms with Crippen LogP contribution in [0.3, 0.4) is 0 Å². The summed E-state index contributed by atoms with van der Waals surface area (Å²) >= 11 is 0. The summed E-state index contributed by atoms with van der Waals surface area (Å²) in [6.45, 7) is 0.423. The molecule has 5 nitrogen and oxygen atoms in total. The molecule has 0 unspecified atom stereocenters. The molecule has 0 spiro atoms. The zero-order valence-electron chi connectivity index (χ0n) is 14.7. The third kappa shape index (κ3) is 5.87. The minimum absolute atomic E-state index is 0. The van der Waals surface area contributed by atoms with Crippen LogP contribution in [0.4, 0.5) is 5.69 Å². The second-order valence-corrected chi connectivity index (χ2v) is 6.84. The van der Waals surface area contributed by atoms with E-state index in [0.717, 1.165) is 31.4 Å². The maximum absolute atomic E-state index is 11.9. The lowest BCUT2D eigenvalue weighted by atomic mass is 9.90. The van der Waals surface area contributed by atoms with Gasteiger partial charge in [0.2, 0.25) is 5.91 Å². The summed E-state index contributed by atoms with van der Waals surface area (Å²) in [6, 6.07) is 6.68. The zero-order chi connectivity index (χ0) is 16.8. The fourth-order valence-corrected chi connectivity index (χ4v) is 3.72. The van der Waals surface area contributed by atoms with E-state index in [0.29, 0.717) is 25.0 Å². The molecule has 2 aliphatic carbocycles. The zero-order valence-corrected chi connectivity index (χ0v) is 17.1. The molecule has 25 heavy (non-hydrogen) atoms. The van der Waals surface area contributed by atoms with Gasteiger partial charge in [0.15, 0.2) is 5.96 Å². The quantitative estimate of drug-likeness (QED) is 0.361. The van der Waals surface area contributed by atoms with Crippen LogP contribution in [0.15, 0.2) is 23.2 Å². The number of fused-ring (bicyclic) bond motifs is 1. The van der Waals surface area contributed by atoms with Crippen molar-refractivity contribution >= 4 is 41.5 Å². The first-order valence-electron chi connectivity index (χ1n) is 9.19. The molecule has 1 aromatic rings. The minimum atomic E-state index is 0. The average Bonchev–Trinajstić information content (AvgIpc) is 3.08. The third-order valence-corrected chi connectivity index (χ3v) is 5.00. The van der Waals surface area contributed by atoms with E-state index >= 15 is 0 Å². The number of nitrogens with zero attached hydrogens (tertiary/aromatic N) is 1. The summed E-state index contributed by atoms with van der Waals surface area (Å²) in [6.07, 6.45) is 9.78. The first kappa shape index (κ1) is 20.0. The fraction of sp³-hybridized carbons (Fsp3) is 0.579. The largest absolute Gasteiger partial charge is 0.370 e. The number of aliphatic imine (C=N–C) groups is 1. The predicted octanol–water partition coefficient (Wildman–Crippen LogP) is 3.36. The van der Waals surface area contributed by atoms with Crippen LogP contribution in [0.5, 0.6) is 0 Å². The Balaban J connectivity index is 0.00000225. The van der Waals surface area contributed by atoms with Gasteiger partial charge in [0, 0.05) is 18.2 Å². The molecule has 1 fully saturated rings. The van der Waals surface area contributed by atoms with Gasteiger partial charge in [-0.15, -0.1) is 24.0 Å². The summed E-state index contributed by atoms with van der Waals surface area (Å²) in [5.41, 5.74) is 9.83. The molecule has 0 aromatic heterocycles. The molecule has 1 saturated carbocycles. The van der Waals surface area contributed by atoms with Crippen molar-refractivity contribution in [2.24, 2.45) is 10.7 Å². The van der Waals surface area contributed by atoms with E-state index in [1.165, 1.54) is 36.8 Å². The van der Waals surface area contributed by atoms with Gasteiger partial charge < -0.3 is 16.4 Å². The van der Waals surface area contributed by atoms with Crippen LogP contribution < -0.4 is 16.4 Å². The molecular weight excluding hydrogens is 427 g/mol. The summed E-state index contributed by atoms with van der Waals surface area (Å²) in [5.74, 6) is 0.471. The van der Waals surface area contributed by atoms with E-state index < -0.39 is 0 Å². The number of aryl methyl sites for hydroxylation is 1. The Hall–Kier alpha value is -1.31. The average molecular weight is 456 g/mol. The van der Waals surface area contributed by atoms with Crippen LogP contribution >= 0.6 is 24.0 Å². The van der Waals surface area contributed by atoms with Crippen LogP contribution in [-0.2, 0) is 17.6 Å². The highest BCUT2D eigenvalue weighted by Crippen LogP contribution is 2.27. The summed E-state index contributed by atoms with van der Waals surface area (Å²) in [7, 11) is 0. The Morgan fingerprint density at radius 2 is 1.92 bits per heavy atom. The van der Waals surface area contributed by atoms with Crippen molar-refractivity contribution in [2.75, 3.05) is 11.9 Å². The fourth-order valence-electron chi connectivity index (χ4n) is 3.72. The molecular formula is C19H29IN4O. The molecule has 1 amide bonds. The molecule has 0 saturated heterocycles. The number of carbonyl (C=O) groups excluding carboxylic acids is 1. The van der Waals surface area contributed by atoms with Crippen LogP contribution in [0, 0.1) is 0 Å². The Morgan fingerprint density at radius 1 is 1.16 bits per heavy atom. The number of nitrogens with two attached hydrogens (primary N) is 1. The molecule has 2 aliphatic rings. The number of benzene rings is 1. The van der Waals surface area contributed by atoms with Crippen LogP contribution in [0.2, 0.25) is 0 Å². The third-order valence-electron chi connectivity index (χ3n) is 5.00. The minimum Gasteiger partial charge on any atom is -0.370 e. The molecule has 0 heterocycles. The van der Waals surface area contributed by atoms with Gasteiger partial charge in [-0.3, -0.25) is 9.79 Å². The second-order valence-electron chi connectivity index (χ2n) is 6.84. The lowest BCUT2D eigenvalue weighted by Crippen LogP contribution is -2.33. The number of carbonyl (C=O) groups is 1. The SMILES string of the molecule is I.NC(=NCCC(=O)NC1CCCC1)Nc1cccc2c1CCCC2. The van der Waals surface area contributed by atoms with Gasteiger partial charge in [0.05, 0.1) is 6.54 Å². The summed E-state index contributed by atoms with van der Waals surface area (Å²) in [5, 5.41) is 6.29. The molecule has 1 aromatic carbocycles. The number of rotatable bonds is 5. The highest BCUT2D eigenvalue weighted by Gasteiger charge is 2.16. The molecule has 0 radical (unpaired) electrons. The molecule has 4 N–H and O–H groups in total. The number of hydrogen-bond acceptors (Lipinski definition) is 2. The highest BCUT2D eigenvalue weighted by molar-refractivity contribution is 14.0. The van der Waals surface area contributed by atoms with Crippen molar-refractivity contribution in [3.63, 3.8) is 0 Å². The van der Waals surface area contributed by atoms with Gasteiger partial charge in [-0.05, 0) is 55.7 Å². The van der Waals surface area contributed by atoms with Crippen molar-refractivity contribution in [2.45, 2.75) is 63.8 Å². The van der Waals surface area contributed by atoms with E-state index in [2.05, 4.69) is 33.8 Å². The second kappa shape index (κ2) is 9.99. The van der Waals surface area contributed by atoms with Gasteiger partial charge in [-0.1, -0.05) is 25.0 Å². The number of halogens is 1. The van der Waals surface area contributed by atoms with Gasteiger partial charge >= 0.3 is 0 Å². The maximum atomic E-state index is 11.9. The normalized spacial score (nSPS) is 17.5. The van der Waals surface area contributed by atoms with Gasteiger partial charge in [0.1, 0.15) is 0 Å². The first-order valence-corrected chi connectivity index (χ1v) is 9.19. The van der Waals surface area contributed by atoms with Crippen molar-refractivity contribution in [1.82, 2.24) is 5.32 Å². The number of nitrogens with one attached hydrogen (secondary N) is 2. The van der Waals surface area contributed by atoms with Crippen molar-refractivity contribution in [1.29, 1.82) is 0 Å². The van der Waals surface area contributed by atoms with E-state index in [9.17, 15) is 4.79 Å². The van der Waals surface area contributed by atoms with Crippen LogP contribution in [-0.4, -0.2) is 24.5 Å². The molecule has 0 aliphatic heterocycles. The van der Waals surface area contributed by atoms with Crippen LogP contribution in [0.1, 0.15) is 56.1 Å². The monoisotopic (exact) mass is 456 g/mol. The standard InChI is InChI=1S/C19H28N4O.HI/c20-19(21-13-12-18(24)22-15-8-2-3-9-15)23-17-11-5-7-14-6-1-4-10-16(14)17;/h5,7,11,15H,1-4,6,8-10,12-13H2,(H,22,24)(H3,20,21,23);1H. The van der Waals surface area contributed by atoms with Crippen molar-refractivity contribution in [3.8, 4) is 0 Å². The smallest absolute Gasteiger partial charge is 0.222 e. The number of amides is 1. The first-order chi connectivity index (χ1) is 11.7. The number of hydrogen-bond donors (Lipinski definition) is 3. The van der Waals surface area contributed by atoms with Gasteiger partial charge in [-0.2, -0.15) is 0 Å². The van der Waals surface area contributed by atoms with E-state index in [4.69, 9.17) is 5.73 Å². The van der Waals surface area contributed by atoms with Gasteiger partial charge in [0.25, 0.3) is 0 Å². The highest BCUT2D eigenvalue weighted by atomic mass is 127. The van der Waals surface area contributed by atoms with E-state index in [1.807, 2.05) is 0 Å². The lowest BCUT2D eigenvalue weighted by molar-refractivity contribution is -0.121. The Bertz CT molecular complexity index is 611. The van der Waals surface area contributed by atoms with E-state index in [-0.39, 0.29) is 29.9 Å². The molecule has 0 bridgehead atoms. The summed E-state index contributed by atoms with van der Waals surface area (Å²) < 4.78 is 0. The predicted molar refractivity (Wildman–Crippen MR) is 114 cm³/mol. The maximum Gasteiger partial charge on any atom is 0.222 e. The molecule has 0 atom stereocenters. The summed E-state index contributed by atoms with van der Waals surface area (Å²) in [4.78, 5) is 16.2. The van der Waals surface area contributed by atoms with Crippen molar-refractivity contribution in [3.05, 3.63) is 29.3 Å². The van der Waals surface area contributed by atoms with Crippen LogP contribution in [0.25, 0.3) is 0 Å². The number of guanidine groups is 1. The van der Waals surface area contributed by atoms with Crippen molar-refractivity contribution < 1.29 is 4.79 Å². The Kier molecular flexibility index (Phi) is 7.99. The molecule has 138 valence electrons. The topological polar surface area (TPSA) is 79.5 Å². The Labute approximate surface area is 167 Å². The Morgan fingerprint density at radius 3 is 2.72 bits per heavy atom.